The lowest BCUT2D eigenvalue weighted by atomic mass is 10.0. The Morgan fingerprint density at radius 2 is 1.05 bits per heavy atom. The minimum atomic E-state index is -3.54. The number of carbonyl (C=O) groups excluding carboxylic acids is 2. The van der Waals surface area contributed by atoms with Gasteiger partial charge in [-0.05, 0) is 83.3 Å². The zero-order chi connectivity index (χ0) is 39.8. The van der Waals surface area contributed by atoms with Crippen molar-refractivity contribution in [3.63, 3.8) is 0 Å². The standard InChI is InChI=1S/C22H21N3O3S.C20H19N3O4S/c26-22(25-13-11-18-10-12-23-15-19(18)16-25)24-14-17-6-8-21(9-7-17)29(27,28)20-4-2-1-3-5-20;24-20(23-11-10-19-16(13-23)14-27-22-19)21-12-15-6-8-18(9-7-15)28(25,26)17-4-2-1-3-5-17/h1-10,12,15H,11,13-14,16H2,(H,24,26);1-9,14H,10-13H2,(H,21,24). The second kappa shape index (κ2) is 17.2. The van der Waals surface area contributed by atoms with Crippen molar-refractivity contribution >= 4 is 31.7 Å². The summed E-state index contributed by atoms with van der Waals surface area (Å²) in [6.07, 6.45) is 6.64. The first-order valence-corrected chi connectivity index (χ1v) is 21.2. The summed E-state index contributed by atoms with van der Waals surface area (Å²) in [4.78, 5) is 33.5. The minimum absolute atomic E-state index is 0.138. The van der Waals surface area contributed by atoms with Crippen LogP contribution in [0.2, 0.25) is 0 Å². The number of benzene rings is 4. The number of hydrogen-bond donors (Lipinski definition) is 2. The molecule has 0 bridgehead atoms. The van der Waals surface area contributed by atoms with E-state index in [4.69, 9.17) is 4.52 Å². The molecule has 4 heterocycles. The quantitative estimate of drug-likeness (QED) is 0.189. The predicted octanol–water partition coefficient (Wildman–Crippen LogP) is 5.96. The molecule has 0 radical (unpaired) electrons. The lowest BCUT2D eigenvalue weighted by Crippen LogP contribution is -2.42. The summed E-state index contributed by atoms with van der Waals surface area (Å²) >= 11 is 0. The Balaban J connectivity index is 0.000000174. The van der Waals surface area contributed by atoms with Crippen LogP contribution in [0.5, 0.6) is 0 Å². The van der Waals surface area contributed by atoms with Crippen molar-refractivity contribution in [3.05, 3.63) is 167 Å². The fourth-order valence-electron chi connectivity index (χ4n) is 6.49. The summed E-state index contributed by atoms with van der Waals surface area (Å²) in [5.74, 6) is 0. The fourth-order valence-corrected chi connectivity index (χ4v) is 9.06. The number of fused-ring (bicyclic) bond motifs is 2. The second-order valence-corrected chi connectivity index (χ2v) is 17.4. The highest BCUT2D eigenvalue weighted by molar-refractivity contribution is 7.91. The number of carbonyl (C=O) groups is 2. The van der Waals surface area contributed by atoms with E-state index in [2.05, 4.69) is 20.8 Å². The highest BCUT2D eigenvalue weighted by Crippen LogP contribution is 2.23. The van der Waals surface area contributed by atoms with Crippen molar-refractivity contribution in [2.75, 3.05) is 13.1 Å². The number of amides is 4. The number of nitrogens with one attached hydrogen (secondary N) is 2. The van der Waals surface area contributed by atoms with Gasteiger partial charge in [-0.15, -0.1) is 0 Å². The summed E-state index contributed by atoms with van der Waals surface area (Å²) in [6.45, 7) is 2.91. The third kappa shape index (κ3) is 9.22. The van der Waals surface area contributed by atoms with Gasteiger partial charge in [-0.1, -0.05) is 65.8 Å². The molecular formula is C42H40N6O7S2. The van der Waals surface area contributed by atoms with Gasteiger partial charge in [0.25, 0.3) is 0 Å². The first kappa shape index (κ1) is 38.9. The van der Waals surface area contributed by atoms with Crippen LogP contribution >= 0.6 is 0 Å². The number of rotatable bonds is 8. The molecule has 292 valence electrons. The Hall–Kier alpha value is -6.32. The van der Waals surface area contributed by atoms with Crippen molar-refractivity contribution in [1.82, 2.24) is 30.6 Å². The van der Waals surface area contributed by atoms with Crippen molar-refractivity contribution < 1.29 is 30.9 Å². The largest absolute Gasteiger partial charge is 0.364 e. The molecule has 2 N–H and O–H groups in total. The molecular weight excluding hydrogens is 765 g/mol. The Morgan fingerprint density at radius 3 is 1.58 bits per heavy atom. The lowest BCUT2D eigenvalue weighted by Gasteiger charge is -2.28. The van der Waals surface area contributed by atoms with Gasteiger partial charge < -0.3 is 25.0 Å². The third-order valence-electron chi connectivity index (χ3n) is 9.76. The molecule has 0 unspecified atom stereocenters. The molecule has 0 atom stereocenters. The van der Waals surface area contributed by atoms with Crippen LogP contribution in [-0.4, -0.2) is 61.9 Å². The SMILES string of the molecule is O=C(NCc1ccc(S(=O)(=O)c2ccccc2)cc1)N1CCc2ccncc2C1.O=C(NCc1ccc(S(=O)(=O)c2ccccc2)cc1)N1CCc2nocc2C1. The summed E-state index contributed by atoms with van der Waals surface area (Å²) in [6, 6.07) is 31.5. The predicted molar refractivity (Wildman–Crippen MR) is 210 cm³/mol. The van der Waals surface area contributed by atoms with Gasteiger partial charge >= 0.3 is 12.1 Å². The van der Waals surface area contributed by atoms with Gasteiger partial charge in [-0.3, -0.25) is 4.98 Å². The number of sulfone groups is 2. The van der Waals surface area contributed by atoms with Gasteiger partial charge in [0.05, 0.1) is 31.8 Å². The smallest absolute Gasteiger partial charge is 0.317 e. The minimum Gasteiger partial charge on any atom is -0.364 e. The number of aromatic nitrogens is 2. The maximum Gasteiger partial charge on any atom is 0.317 e. The molecule has 0 aliphatic carbocycles. The molecule has 0 spiro atoms. The van der Waals surface area contributed by atoms with E-state index in [1.165, 1.54) is 5.56 Å². The fraction of sp³-hybridized carbons (Fsp3) is 0.190. The van der Waals surface area contributed by atoms with Crippen LogP contribution in [0.25, 0.3) is 0 Å². The van der Waals surface area contributed by atoms with Crippen molar-refractivity contribution in [2.24, 2.45) is 0 Å². The van der Waals surface area contributed by atoms with E-state index in [1.54, 1.807) is 138 Å². The molecule has 2 aliphatic rings. The highest BCUT2D eigenvalue weighted by atomic mass is 32.2. The van der Waals surface area contributed by atoms with Gasteiger partial charge in [-0.2, -0.15) is 0 Å². The number of pyridine rings is 1. The molecule has 13 nitrogen and oxygen atoms in total. The number of hydrogen-bond acceptors (Lipinski definition) is 9. The van der Waals surface area contributed by atoms with Crippen molar-refractivity contribution in [2.45, 2.75) is 58.6 Å². The van der Waals surface area contributed by atoms with Gasteiger partial charge in [0.15, 0.2) is 0 Å². The molecule has 0 saturated carbocycles. The zero-order valence-electron chi connectivity index (χ0n) is 30.8. The first-order chi connectivity index (χ1) is 27.6. The molecule has 15 heteroatoms. The molecule has 0 fully saturated rings. The van der Waals surface area contributed by atoms with E-state index in [9.17, 15) is 26.4 Å². The molecule has 2 aromatic heterocycles. The second-order valence-electron chi connectivity index (χ2n) is 13.5. The van der Waals surface area contributed by atoms with Gasteiger partial charge in [-0.25, -0.2) is 26.4 Å². The van der Waals surface area contributed by atoms with E-state index in [-0.39, 0.29) is 31.6 Å². The van der Waals surface area contributed by atoms with Crippen LogP contribution in [0.4, 0.5) is 9.59 Å². The molecule has 2 aliphatic heterocycles. The monoisotopic (exact) mass is 804 g/mol. The topological polar surface area (TPSA) is 172 Å². The Morgan fingerprint density at radius 1 is 0.579 bits per heavy atom. The van der Waals surface area contributed by atoms with Crippen LogP contribution in [-0.2, 0) is 58.7 Å². The number of urea groups is 2. The van der Waals surface area contributed by atoms with Gasteiger partial charge in [0, 0.05) is 57.1 Å². The molecule has 57 heavy (non-hydrogen) atoms. The summed E-state index contributed by atoms with van der Waals surface area (Å²) in [5, 5.41) is 9.69. The van der Waals surface area contributed by atoms with Crippen LogP contribution in [0, 0.1) is 0 Å². The van der Waals surface area contributed by atoms with E-state index in [0.717, 1.165) is 34.4 Å². The normalized spacial score (nSPS) is 13.7. The van der Waals surface area contributed by atoms with E-state index >= 15 is 0 Å². The third-order valence-corrected chi connectivity index (χ3v) is 13.3. The maximum absolute atomic E-state index is 12.6. The average molecular weight is 805 g/mol. The molecule has 8 rings (SSSR count). The molecule has 6 aromatic rings. The van der Waals surface area contributed by atoms with Gasteiger partial charge in [0.2, 0.25) is 19.7 Å². The van der Waals surface area contributed by atoms with E-state index in [1.807, 2.05) is 6.07 Å². The van der Waals surface area contributed by atoms with Gasteiger partial charge in [0.1, 0.15) is 6.26 Å². The van der Waals surface area contributed by atoms with Crippen LogP contribution in [0.3, 0.4) is 0 Å². The number of nitrogens with zero attached hydrogens (tertiary/aromatic N) is 4. The Labute approximate surface area is 331 Å². The van der Waals surface area contributed by atoms with E-state index < -0.39 is 19.7 Å². The molecule has 4 aromatic carbocycles. The summed E-state index contributed by atoms with van der Waals surface area (Å²) in [7, 11) is -7.07. The first-order valence-electron chi connectivity index (χ1n) is 18.3. The Bertz CT molecular complexity index is 2550. The van der Waals surface area contributed by atoms with Crippen molar-refractivity contribution in [1.29, 1.82) is 0 Å². The summed E-state index contributed by atoms with van der Waals surface area (Å²) in [5.41, 5.74) is 5.80. The Kier molecular flexibility index (Phi) is 11.8. The van der Waals surface area contributed by atoms with Crippen LogP contribution in [0.1, 0.15) is 33.5 Å². The van der Waals surface area contributed by atoms with E-state index in [0.29, 0.717) is 45.7 Å². The van der Waals surface area contributed by atoms with Crippen LogP contribution in [0.15, 0.2) is 158 Å². The molecule has 0 saturated heterocycles. The highest BCUT2D eigenvalue weighted by Gasteiger charge is 2.24. The maximum atomic E-state index is 12.6. The summed E-state index contributed by atoms with van der Waals surface area (Å²) < 4.78 is 55.4. The lowest BCUT2D eigenvalue weighted by molar-refractivity contribution is 0.191. The average Bonchev–Trinajstić information content (AvgIpc) is 3.74. The molecule has 4 amide bonds. The zero-order valence-corrected chi connectivity index (χ0v) is 32.5. The van der Waals surface area contributed by atoms with Crippen LogP contribution < -0.4 is 10.6 Å². The van der Waals surface area contributed by atoms with Crippen molar-refractivity contribution in [3.8, 4) is 0 Å².